The molecule has 0 bridgehead atoms. The number of aldehydes is 1. The summed E-state index contributed by atoms with van der Waals surface area (Å²) in [7, 11) is 0. The largest absolute Gasteiger partial charge is 0.348 e. The predicted molar refractivity (Wildman–Crippen MR) is 58.7 cm³/mol. The molecule has 0 saturated heterocycles. The van der Waals surface area contributed by atoms with Crippen LogP contribution in [0.2, 0.25) is 0 Å². The van der Waals surface area contributed by atoms with Crippen LogP contribution >= 0.6 is 0 Å². The van der Waals surface area contributed by atoms with Gasteiger partial charge in [-0.3, -0.25) is 4.79 Å². The monoisotopic (exact) mass is 193 g/mol. The van der Waals surface area contributed by atoms with Crippen LogP contribution in [0.25, 0.3) is 0 Å². The molecule has 1 aromatic heterocycles. The van der Waals surface area contributed by atoms with Crippen LogP contribution in [-0.4, -0.2) is 10.9 Å². The summed E-state index contributed by atoms with van der Waals surface area (Å²) < 4.78 is 2.21. The molecule has 0 radical (unpaired) electrons. The topological polar surface area (TPSA) is 22.0 Å². The second-order valence-corrected chi connectivity index (χ2v) is 5.09. The van der Waals surface area contributed by atoms with Crippen molar-refractivity contribution in [1.29, 1.82) is 0 Å². The Balaban J connectivity index is 3.08. The molecular weight excluding hydrogens is 174 g/mol. The molecule has 0 aliphatic heterocycles. The summed E-state index contributed by atoms with van der Waals surface area (Å²) in [5, 5.41) is 0. The number of carbonyl (C=O) groups is 1. The molecule has 0 N–H and O–H groups in total. The van der Waals surface area contributed by atoms with E-state index in [0.29, 0.717) is 0 Å². The molecule has 2 nitrogen and oxygen atoms in total. The van der Waals surface area contributed by atoms with E-state index in [4.69, 9.17) is 0 Å². The van der Waals surface area contributed by atoms with E-state index in [1.807, 2.05) is 19.9 Å². The molecule has 0 amide bonds. The molecule has 0 fully saturated rings. The van der Waals surface area contributed by atoms with Crippen molar-refractivity contribution in [2.45, 2.75) is 41.2 Å². The predicted octanol–water partition coefficient (Wildman–Crippen LogP) is 2.96. The summed E-state index contributed by atoms with van der Waals surface area (Å²) in [6.07, 6.45) is 0.932. The highest BCUT2D eigenvalue weighted by Crippen LogP contribution is 2.21. The maximum atomic E-state index is 10.7. The minimum absolute atomic E-state index is 0.245. The summed E-state index contributed by atoms with van der Waals surface area (Å²) in [6.45, 7) is 11.6. The molecule has 78 valence electrons. The van der Waals surface area contributed by atoms with E-state index in [1.54, 1.807) is 0 Å². The van der Waals surface area contributed by atoms with Crippen molar-refractivity contribution in [2.75, 3.05) is 0 Å². The molecule has 0 aliphatic carbocycles. The highest BCUT2D eigenvalue weighted by Gasteiger charge is 2.15. The first kappa shape index (κ1) is 11.0. The van der Waals surface area contributed by atoms with E-state index in [0.717, 1.165) is 24.1 Å². The molecule has 0 spiro atoms. The van der Waals surface area contributed by atoms with E-state index in [2.05, 4.69) is 25.3 Å². The van der Waals surface area contributed by atoms with Crippen LogP contribution in [0.1, 0.15) is 42.5 Å². The van der Waals surface area contributed by atoms with Crippen LogP contribution in [0.15, 0.2) is 6.07 Å². The molecule has 2 heteroatoms. The lowest BCUT2D eigenvalue weighted by Crippen LogP contribution is -2.17. The van der Waals surface area contributed by atoms with Crippen LogP contribution in [0.3, 0.4) is 0 Å². The van der Waals surface area contributed by atoms with Gasteiger partial charge in [0.25, 0.3) is 0 Å². The summed E-state index contributed by atoms with van der Waals surface area (Å²) in [6, 6.07) is 1.95. The first-order chi connectivity index (χ1) is 6.35. The first-order valence-corrected chi connectivity index (χ1v) is 4.97. The SMILES string of the molecule is Cc1cc(C=O)c(C)n1CC(C)(C)C. The van der Waals surface area contributed by atoms with Crippen molar-refractivity contribution in [3.63, 3.8) is 0 Å². The Kier molecular flexibility index (Phi) is 2.84. The molecule has 1 aromatic rings. The zero-order valence-electron chi connectivity index (χ0n) is 9.72. The highest BCUT2D eigenvalue weighted by atomic mass is 16.1. The zero-order valence-corrected chi connectivity index (χ0v) is 9.72. The number of nitrogens with zero attached hydrogens (tertiary/aromatic N) is 1. The van der Waals surface area contributed by atoms with Crippen molar-refractivity contribution >= 4 is 6.29 Å². The van der Waals surface area contributed by atoms with Gasteiger partial charge in [-0.1, -0.05) is 20.8 Å². The summed E-state index contributed by atoms with van der Waals surface area (Å²) in [4.78, 5) is 10.7. The van der Waals surface area contributed by atoms with Gasteiger partial charge in [-0.25, -0.2) is 0 Å². The van der Waals surface area contributed by atoms with Gasteiger partial charge in [0.15, 0.2) is 6.29 Å². The number of rotatable bonds is 2. The number of hydrogen-bond donors (Lipinski definition) is 0. The second-order valence-electron chi connectivity index (χ2n) is 5.09. The van der Waals surface area contributed by atoms with Gasteiger partial charge in [0.1, 0.15) is 0 Å². The van der Waals surface area contributed by atoms with Gasteiger partial charge < -0.3 is 4.57 Å². The first-order valence-electron chi connectivity index (χ1n) is 4.97. The Morgan fingerprint density at radius 2 is 1.93 bits per heavy atom. The maximum Gasteiger partial charge on any atom is 0.151 e. The molecule has 0 aromatic carbocycles. The number of hydrogen-bond acceptors (Lipinski definition) is 1. The van der Waals surface area contributed by atoms with Crippen molar-refractivity contribution in [3.05, 3.63) is 23.0 Å². The smallest absolute Gasteiger partial charge is 0.151 e. The van der Waals surface area contributed by atoms with Crippen LogP contribution in [0, 0.1) is 19.3 Å². The third-order valence-corrected chi connectivity index (χ3v) is 2.37. The lowest BCUT2D eigenvalue weighted by Gasteiger charge is -2.21. The zero-order chi connectivity index (χ0) is 10.9. The average Bonchev–Trinajstić information content (AvgIpc) is 2.29. The van der Waals surface area contributed by atoms with E-state index in [-0.39, 0.29) is 5.41 Å². The fourth-order valence-electron chi connectivity index (χ4n) is 1.66. The Hall–Kier alpha value is -1.05. The standard InChI is InChI=1S/C12H19NO/c1-9-6-11(7-14)10(2)13(9)8-12(3,4)5/h6-7H,8H2,1-5H3. The minimum Gasteiger partial charge on any atom is -0.348 e. The van der Waals surface area contributed by atoms with E-state index in [1.165, 1.54) is 5.69 Å². The minimum atomic E-state index is 0.245. The quantitative estimate of drug-likeness (QED) is 0.662. The van der Waals surface area contributed by atoms with Crippen molar-refractivity contribution in [3.8, 4) is 0 Å². The lowest BCUT2D eigenvalue weighted by molar-refractivity contribution is 0.112. The third-order valence-electron chi connectivity index (χ3n) is 2.37. The fraction of sp³-hybridized carbons (Fsp3) is 0.583. The summed E-state index contributed by atoms with van der Waals surface area (Å²) >= 11 is 0. The van der Waals surface area contributed by atoms with E-state index in [9.17, 15) is 4.79 Å². The normalized spacial score (nSPS) is 11.8. The van der Waals surface area contributed by atoms with Gasteiger partial charge in [-0.2, -0.15) is 0 Å². The van der Waals surface area contributed by atoms with E-state index >= 15 is 0 Å². The molecule has 0 saturated carbocycles. The van der Waals surface area contributed by atoms with Crippen LogP contribution in [0.5, 0.6) is 0 Å². The lowest BCUT2D eigenvalue weighted by atomic mass is 9.96. The molecule has 0 unspecified atom stereocenters. The summed E-state index contributed by atoms with van der Waals surface area (Å²) in [5.74, 6) is 0. The Morgan fingerprint density at radius 1 is 1.36 bits per heavy atom. The molecule has 1 rings (SSSR count). The molecular formula is C12H19NO. The van der Waals surface area contributed by atoms with Crippen molar-refractivity contribution in [2.24, 2.45) is 5.41 Å². The van der Waals surface area contributed by atoms with Gasteiger partial charge in [0.05, 0.1) is 0 Å². The van der Waals surface area contributed by atoms with Gasteiger partial charge in [0.2, 0.25) is 0 Å². The average molecular weight is 193 g/mol. The van der Waals surface area contributed by atoms with Gasteiger partial charge in [-0.15, -0.1) is 0 Å². The van der Waals surface area contributed by atoms with Crippen LogP contribution in [-0.2, 0) is 6.54 Å². The third kappa shape index (κ3) is 2.25. The Labute approximate surface area is 85.9 Å². The molecule has 1 heterocycles. The molecule has 14 heavy (non-hydrogen) atoms. The number of aryl methyl sites for hydroxylation is 1. The van der Waals surface area contributed by atoms with Gasteiger partial charge >= 0.3 is 0 Å². The molecule has 0 atom stereocenters. The van der Waals surface area contributed by atoms with Gasteiger partial charge in [0, 0.05) is 23.5 Å². The van der Waals surface area contributed by atoms with Gasteiger partial charge in [-0.05, 0) is 25.3 Å². The van der Waals surface area contributed by atoms with Crippen LogP contribution in [0.4, 0.5) is 0 Å². The highest BCUT2D eigenvalue weighted by molar-refractivity contribution is 5.77. The van der Waals surface area contributed by atoms with Crippen molar-refractivity contribution < 1.29 is 4.79 Å². The second kappa shape index (κ2) is 3.60. The van der Waals surface area contributed by atoms with Crippen LogP contribution < -0.4 is 0 Å². The fourth-order valence-corrected chi connectivity index (χ4v) is 1.66. The number of aromatic nitrogens is 1. The molecule has 0 aliphatic rings. The number of carbonyl (C=O) groups excluding carboxylic acids is 1. The maximum absolute atomic E-state index is 10.7. The Bertz CT molecular complexity index is 342. The Morgan fingerprint density at radius 3 is 2.29 bits per heavy atom. The summed E-state index contributed by atoms with van der Waals surface area (Å²) in [5.41, 5.74) is 3.30. The van der Waals surface area contributed by atoms with Crippen molar-refractivity contribution in [1.82, 2.24) is 4.57 Å². The van der Waals surface area contributed by atoms with E-state index < -0.39 is 0 Å².